The van der Waals surface area contributed by atoms with Gasteiger partial charge < -0.3 is 9.30 Å². The van der Waals surface area contributed by atoms with Crippen LogP contribution in [0.3, 0.4) is 0 Å². The highest BCUT2D eigenvalue weighted by Crippen LogP contribution is 2.21. The Morgan fingerprint density at radius 1 is 1.19 bits per heavy atom. The first-order valence-corrected chi connectivity index (χ1v) is 9.16. The number of imidazole rings is 1. The number of hydrogen-bond acceptors (Lipinski definition) is 6. The molecule has 0 unspecified atom stereocenters. The van der Waals surface area contributed by atoms with Crippen LogP contribution in [0, 0.1) is 0 Å². The lowest BCUT2D eigenvalue weighted by atomic mass is 10.2. The topological polar surface area (TPSA) is 91.4 Å². The fourth-order valence-corrected chi connectivity index (χ4v) is 3.78. The Kier molecular flexibility index (Phi) is 5.09. The summed E-state index contributed by atoms with van der Waals surface area (Å²) in [6.07, 6.45) is 0.183. The van der Waals surface area contributed by atoms with E-state index in [2.05, 4.69) is 9.88 Å². The summed E-state index contributed by atoms with van der Waals surface area (Å²) in [7, 11) is 3.02. The zero-order chi connectivity index (χ0) is 20.0. The summed E-state index contributed by atoms with van der Waals surface area (Å²) in [6, 6.07) is -0.550. The number of Topliss-reactive ketones (excluding diaryl/α,β-unsaturated/α-hetero) is 1. The highest BCUT2D eigenvalue weighted by molar-refractivity contribution is 5.82. The molecule has 1 fully saturated rings. The molecule has 0 amide bonds. The van der Waals surface area contributed by atoms with Gasteiger partial charge in [0.25, 0.3) is 5.56 Å². The molecule has 2 aromatic rings. The third-order valence-corrected chi connectivity index (χ3v) is 5.20. The quantitative estimate of drug-likeness (QED) is 0.756. The van der Waals surface area contributed by atoms with E-state index in [1.165, 1.54) is 18.5 Å². The lowest BCUT2D eigenvalue weighted by Gasteiger charge is -2.35. The van der Waals surface area contributed by atoms with Crippen LogP contribution in [0.2, 0.25) is 0 Å². The van der Waals surface area contributed by atoms with Crippen molar-refractivity contribution in [1.82, 2.24) is 23.6 Å². The lowest BCUT2D eigenvalue weighted by molar-refractivity contribution is -0.119. The number of carbonyl (C=O) groups excluding carboxylic acids is 1. The molecule has 1 saturated heterocycles. The van der Waals surface area contributed by atoms with Crippen LogP contribution in [0.5, 0.6) is 0 Å². The van der Waals surface area contributed by atoms with Crippen LogP contribution in [0.4, 0.5) is 0 Å². The van der Waals surface area contributed by atoms with Gasteiger partial charge >= 0.3 is 5.69 Å². The van der Waals surface area contributed by atoms with Crippen LogP contribution < -0.4 is 11.2 Å². The Morgan fingerprint density at radius 2 is 1.78 bits per heavy atom. The summed E-state index contributed by atoms with van der Waals surface area (Å²) in [5, 5.41) is 0. The molecule has 0 bridgehead atoms. The van der Waals surface area contributed by atoms with Gasteiger partial charge in [-0.15, -0.1) is 0 Å². The van der Waals surface area contributed by atoms with Crippen molar-refractivity contribution in [2.24, 2.45) is 14.1 Å². The monoisotopic (exact) mass is 377 g/mol. The van der Waals surface area contributed by atoms with Gasteiger partial charge in [0.15, 0.2) is 16.9 Å². The summed E-state index contributed by atoms with van der Waals surface area (Å²) in [5.41, 5.74) is -0.288. The molecule has 0 aromatic carbocycles. The number of hydrogen-bond donors (Lipinski definition) is 0. The minimum atomic E-state index is -0.550. The second-order valence-electron chi connectivity index (χ2n) is 7.51. The summed E-state index contributed by atoms with van der Waals surface area (Å²) < 4.78 is 9.87. The number of rotatable bonds is 4. The molecule has 1 aliphatic rings. The smallest absolute Gasteiger partial charge is 0.332 e. The van der Waals surface area contributed by atoms with Crippen LogP contribution in [0.1, 0.15) is 39.6 Å². The number of aryl methyl sites for hydroxylation is 1. The average molecular weight is 377 g/mol. The van der Waals surface area contributed by atoms with Gasteiger partial charge in [0.05, 0.1) is 24.8 Å². The zero-order valence-electron chi connectivity index (χ0n) is 16.7. The Balaban J connectivity index is 2.20. The SMILES string of the molecule is CC(=O)[C@H](C)n1c(CN2C[C@@H](C)O[C@@H](C)C2)nc2c1c(=O)n(C)c(=O)n2C. The number of nitrogens with zero attached hydrogens (tertiary/aromatic N) is 5. The summed E-state index contributed by atoms with van der Waals surface area (Å²) in [6.45, 7) is 9.22. The van der Waals surface area contributed by atoms with Crippen molar-refractivity contribution in [3.05, 3.63) is 26.7 Å². The van der Waals surface area contributed by atoms with Crippen LogP contribution in [0.25, 0.3) is 11.2 Å². The first-order valence-electron chi connectivity index (χ1n) is 9.16. The summed E-state index contributed by atoms with van der Waals surface area (Å²) in [4.78, 5) is 44.0. The van der Waals surface area contributed by atoms with E-state index in [4.69, 9.17) is 4.74 Å². The number of aromatic nitrogens is 4. The summed E-state index contributed by atoms with van der Waals surface area (Å²) >= 11 is 0. The minimum Gasteiger partial charge on any atom is -0.373 e. The molecule has 27 heavy (non-hydrogen) atoms. The van der Waals surface area contributed by atoms with E-state index in [9.17, 15) is 14.4 Å². The van der Waals surface area contributed by atoms with Crippen molar-refractivity contribution in [3.63, 3.8) is 0 Å². The fraction of sp³-hybridized carbons (Fsp3) is 0.667. The molecule has 3 atom stereocenters. The average Bonchev–Trinajstić information content (AvgIpc) is 2.95. The predicted octanol–water partition coefficient (Wildman–Crippen LogP) is 0.193. The Hall–Kier alpha value is -2.26. The molecule has 3 heterocycles. The van der Waals surface area contributed by atoms with Crippen molar-refractivity contribution in [1.29, 1.82) is 0 Å². The standard InChI is InChI=1S/C18H27N5O4/c1-10-7-22(8-11(2)27-10)9-14-19-16-15(23(14)12(3)13(4)24)17(25)21(6)18(26)20(16)5/h10-12H,7-9H2,1-6H3/t10-,11+,12-/m0/s1. The van der Waals surface area contributed by atoms with Crippen LogP contribution >= 0.6 is 0 Å². The largest absolute Gasteiger partial charge is 0.373 e. The molecular formula is C18H27N5O4. The predicted molar refractivity (Wildman–Crippen MR) is 101 cm³/mol. The molecular weight excluding hydrogens is 350 g/mol. The third kappa shape index (κ3) is 3.37. The van der Waals surface area contributed by atoms with E-state index in [0.29, 0.717) is 18.0 Å². The van der Waals surface area contributed by atoms with Crippen LogP contribution in [-0.4, -0.2) is 54.7 Å². The highest BCUT2D eigenvalue weighted by Gasteiger charge is 2.28. The van der Waals surface area contributed by atoms with Gasteiger partial charge in [-0.3, -0.25) is 23.6 Å². The molecule has 0 N–H and O–H groups in total. The van der Waals surface area contributed by atoms with Gasteiger partial charge in [0.2, 0.25) is 0 Å². The minimum absolute atomic E-state index is 0.0739. The second-order valence-corrected chi connectivity index (χ2v) is 7.51. The Labute approximate surface area is 157 Å². The molecule has 9 heteroatoms. The molecule has 2 aromatic heterocycles. The first-order chi connectivity index (χ1) is 12.6. The van der Waals surface area contributed by atoms with E-state index in [0.717, 1.165) is 17.7 Å². The molecule has 1 aliphatic heterocycles. The van der Waals surface area contributed by atoms with E-state index in [1.54, 1.807) is 18.5 Å². The van der Waals surface area contributed by atoms with Crippen molar-refractivity contribution in [2.75, 3.05) is 13.1 Å². The van der Waals surface area contributed by atoms with Crippen molar-refractivity contribution >= 4 is 16.9 Å². The van der Waals surface area contributed by atoms with E-state index in [1.807, 2.05) is 13.8 Å². The number of ketones is 1. The molecule has 0 radical (unpaired) electrons. The molecule has 0 spiro atoms. The maximum absolute atomic E-state index is 12.8. The van der Waals surface area contributed by atoms with Gasteiger partial charge in [-0.05, 0) is 27.7 Å². The van der Waals surface area contributed by atoms with Crippen LogP contribution in [0.15, 0.2) is 9.59 Å². The highest BCUT2D eigenvalue weighted by atomic mass is 16.5. The van der Waals surface area contributed by atoms with Gasteiger partial charge in [0.1, 0.15) is 5.82 Å². The number of morpholine rings is 1. The first kappa shape index (κ1) is 19.5. The van der Waals surface area contributed by atoms with Gasteiger partial charge in [-0.25, -0.2) is 9.78 Å². The Morgan fingerprint density at radius 3 is 2.33 bits per heavy atom. The molecule has 9 nitrogen and oxygen atoms in total. The van der Waals surface area contributed by atoms with Gasteiger partial charge in [-0.1, -0.05) is 0 Å². The molecule has 0 aliphatic carbocycles. The van der Waals surface area contributed by atoms with Gasteiger partial charge in [0, 0.05) is 27.2 Å². The van der Waals surface area contributed by atoms with E-state index < -0.39 is 17.3 Å². The van der Waals surface area contributed by atoms with E-state index in [-0.39, 0.29) is 23.5 Å². The maximum Gasteiger partial charge on any atom is 0.332 e. The molecule has 0 saturated carbocycles. The zero-order valence-corrected chi connectivity index (χ0v) is 16.7. The normalized spacial score (nSPS) is 22.3. The Bertz CT molecular complexity index is 992. The third-order valence-electron chi connectivity index (χ3n) is 5.20. The van der Waals surface area contributed by atoms with Gasteiger partial charge in [-0.2, -0.15) is 0 Å². The van der Waals surface area contributed by atoms with Crippen LogP contribution in [-0.2, 0) is 30.2 Å². The number of carbonyl (C=O) groups is 1. The number of ether oxygens (including phenoxy) is 1. The second kappa shape index (κ2) is 7.05. The fourth-order valence-electron chi connectivity index (χ4n) is 3.78. The molecule has 3 rings (SSSR count). The lowest BCUT2D eigenvalue weighted by Crippen LogP contribution is -2.45. The molecule has 148 valence electrons. The maximum atomic E-state index is 12.8. The van der Waals surface area contributed by atoms with Crippen molar-refractivity contribution in [3.8, 4) is 0 Å². The number of fused-ring (bicyclic) bond motifs is 1. The van der Waals surface area contributed by atoms with E-state index >= 15 is 0 Å². The summed E-state index contributed by atoms with van der Waals surface area (Å²) in [5.74, 6) is 0.530. The van der Waals surface area contributed by atoms with Crippen molar-refractivity contribution < 1.29 is 9.53 Å². The van der Waals surface area contributed by atoms with Crippen molar-refractivity contribution in [2.45, 2.75) is 52.5 Å².